The molecule has 0 aliphatic rings. The highest BCUT2D eigenvalue weighted by molar-refractivity contribution is 5.37. The van der Waals surface area contributed by atoms with Crippen LogP contribution in [0.1, 0.15) is 18.2 Å². The molecule has 0 aliphatic heterocycles. The average molecular weight is 216 g/mol. The molecule has 4 nitrogen and oxygen atoms in total. The van der Waals surface area contributed by atoms with Crippen LogP contribution in [0.3, 0.4) is 0 Å². The molecular formula is C12H16N4. The van der Waals surface area contributed by atoms with Crippen molar-refractivity contribution in [2.75, 3.05) is 6.54 Å². The van der Waals surface area contributed by atoms with Gasteiger partial charge in [0.15, 0.2) is 0 Å². The molecule has 0 bridgehead atoms. The maximum absolute atomic E-state index is 4.40. The maximum Gasteiger partial charge on any atom is 0.0873 e. The van der Waals surface area contributed by atoms with E-state index in [9.17, 15) is 0 Å². The van der Waals surface area contributed by atoms with E-state index in [1.165, 1.54) is 5.56 Å². The summed E-state index contributed by atoms with van der Waals surface area (Å²) in [5.41, 5.74) is 3.26. The number of hydrogen-bond acceptors (Lipinski definition) is 3. The van der Waals surface area contributed by atoms with Crippen LogP contribution in [0.5, 0.6) is 0 Å². The molecule has 0 atom stereocenters. The molecular weight excluding hydrogens is 200 g/mol. The van der Waals surface area contributed by atoms with E-state index >= 15 is 0 Å². The lowest BCUT2D eigenvalue weighted by Crippen LogP contribution is -2.14. The summed E-state index contributed by atoms with van der Waals surface area (Å²) in [5, 5.41) is 7.71. The quantitative estimate of drug-likeness (QED) is 0.845. The summed E-state index contributed by atoms with van der Waals surface area (Å²) in [7, 11) is 0. The summed E-state index contributed by atoms with van der Waals surface area (Å²) in [6, 6.07) is 4.01. The number of hydrogen-bond donors (Lipinski definition) is 1. The maximum atomic E-state index is 4.40. The van der Waals surface area contributed by atoms with Gasteiger partial charge in [0.1, 0.15) is 0 Å². The molecule has 0 spiro atoms. The van der Waals surface area contributed by atoms with E-state index in [2.05, 4.69) is 22.3 Å². The minimum atomic E-state index is 0.841. The Morgan fingerprint density at radius 3 is 2.94 bits per heavy atom. The van der Waals surface area contributed by atoms with E-state index in [4.69, 9.17) is 0 Å². The Bertz CT molecular complexity index is 462. The van der Waals surface area contributed by atoms with E-state index in [-0.39, 0.29) is 0 Å². The monoisotopic (exact) mass is 216 g/mol. The Kier molecular flexibility index (Phi) is 3.31. The van der Waals surface area contributed by atoms with Crippen molar-refractivity contribution in [1.29, 1.82) is 0 Å². The number of nitrogens with one attached hydrogen (secondary N) is 1. The Hall–Kier alpha value is -1.68. The van der Waals surface area contributed by atoms with Crippen LogP contribution in [0.25, 0.3) is 5.69 Å². The molecule has 0 saturated carbocycles. The summed E-state index contributed by atoms with van der Waals surface area (Å²) in [6.07, 6.45) is 5.62. The molecule has 4 heteroatoms. The van der Waals surface area contributed by atoms with Crippen LogP contribution in [0, 0.1) is 6.92 Å². The minimum absolute atomic E-state index is 0.841. The van der Waals surface area contributed by atoms with E-state index in [1.807, 2.05) is 42.3 Å². The van der Waals surface area contributed by atoms with E-state index < -0.39 is 0 Å². The van der Waals surface area contributed by atoms with E-state index in [0.29, 0.717) is 0 Å². The Morgan fingerprint density at radius 1 is 1.38 bits per heavy atom. The summed E-state index contributed by atoms with van der Waals surface area (Å²) >= 11 is 0. The molecule has 84 valence electrons. The minimum Gasteiger partial charge on any atom is -0.313 e. The van der Waals surface area contributed by atoms with Gasteiger partial charge >= 0.3 is 0 Å². The second-order valence-corrected chi connectivity index (χ2v) is 3.69. The van der Waals surface area contributed by atoms with Gasteiger partial charge in [-0.15, -0.1) is 0 Å². The largest absolute Gasteiger partial charge is 0.313 e. The molecule has 16 heavy (non-hydrogen) atoms. The van der Waals surface area contributed by atoms with Gasteiger partial charge in [-0.1, -0.05) is 6.92 Å². The first-order valence-electron chi connectivity index (χ1n) is 5.47. The zero-order valence-electron chi connectivity index (χ0n) is 9.64. The van der Waals surface area contributed by atoms with Gasteiger partial charge in [0, 0.05) is 18.9 Å². The Labute approximate surface area is 95.3 Å². The van der Waals surface area contributed by atoms with Crippen molar-refractivity contribution >= 4 is 0 Å². The Morgan fingerprint density at radius 2 is 2.25 bits per heavy atom. The van der Waals surface area contributed by atoms with Crippen molar-refractivity contribution in [1.82, 2.24) is 20.1 Å². The fourth-order valence-electron chi connectivity index (χ4n) is 1.58. The average Bonchev–Trinajstić information content (AvgIpc) is 2.73. The zero-order valence-corrected chi connectivity index (χ0v) is 9.64. The van der Waals surface area contributed by atoms with Crippen molar-refractivity contribution < 1.29 is 0 Å². The summed E-state index contributed by atoms with van der Waals surface area (Å²) in [6.45, 7) is 5.88. The first kappa shape index (κ1) is 10.8. The fourth-order valence-corrected chi connectivity index (χ4v) is 1.58. The van der Waals surface area contributed by atoms with E-state index in [1.54, 1.807) is 0 Å². The van der Waals surface area contributed by atoms with Crippen molar-refractivity contribution in [2.24, 2.45) is 0 Å². The third kappa shape index (κ3) is 2.28. The number of rotatable bonds is 4. The first-order chi connectivity index (χ1) is 7.81. The smallest absolute Gasteiger partial charge is 0.0873 e. The lowest BCUT2D eigenvalue weighted by Gasteiger charge is -2.08. The van der Waals surface area contributed by atoms with Gasteiger partial charge in [-0.3, -0.25) is 4.98 Å². The molecule has 0 aromatic carbocycles. The standard InChI is InChI=1S/C12H16N4/c1-3-13-8-11-4-6-14-9-12(11)16-7-5-10(2)15-16/h4-7,9,13H,3,8H2,1-2H3. The molecule has 0 unspecified atom stereocenters. The van der Waals surface area contributed by atoms with Crippen molar-refractivity contribution in [2.45, 2.75) is 20.4 Å². The van der Waals surface area contributed by atoms with Gasteiger partial charge in [0.25, 0.3) is 0 Å². The third-order valence-corrected chi connectivity index (χ3v) is 2.42. The van der Waals surface area contributed by atoms with Gasteiger partial charge in [-0.25, -0.2) is 4.68 Å². The third-order valence-electron chi connectivity index (χ3n) is 2.42. The Balaban J connectivity index is 2.32. The molecule has 2 aromatic heterocycles. The van der Waals surface area contributed by atoms with E-state index in [0.717, 1.165) is 24.5 Å². The fraction of sp³-hybridized carbons (Fsp3) is 0.333. The van der Waals surface area contributed by atoms with Crippen LogP contribution in [0.4, 0.5) is 0 Å². The highest BCUT2D eigenvalue weighted by Gasteiger charge is 2.04. The highest BCUT2D eigenvalue weighted by atomic mass is 15.3. The molecule has 2 heterocycles. The van der Waals surface area contributed by atoms with Crippen LogP contribution in [-0.4, -0.2) is 21.3 Å². The van der Waals surface area contributed by atoms with Crippen molar-refractivity contribution in [3.05, 3.63) is 42.0 Å². The van der Waals surface area contributed by atoms with Crippen LogP contribution >= 0.6 is 0 Å². The number of nitrogens with zero attached hydrogens (tertiary/aromatic N) is 3. The van der Waals surface area contributed by atoms with Crippen molar-refractivity contribution in [3.8, 4) is 5.69 Å². The number of pyridine rings is 1. The summed E-state index contributed by atoms with van der Waals surface area (Å²) in [4.78, 5) is 4.15. The van der Waals surface area contributed by atoms with Crippen LogP contribution in [-0.2, 0) is 6.54 Å². The van der Waals surface area contributed by atoms with Crippen molar-refractivity contribution in [3.63, 3.8) is 0 Å². The first-order valence-corrected chi connectivity index (χ1v) is 5.47. The van der Waals surface area contributed by atoms with Gasteiger partial charge in [0.05, 0.1) is 17.6 Å². The molecule has 0 fully saturated rings. The van der Waals surface area contributed by atoms with Gasteiger partial charge in [0.2, 0.25) is 0 Å². The molecule has 2 aromatic rings. The van der Waals surface area contributed by atoms with Gasteiger partial charge < -0.3 is 5.32 Å². The van der Waals surface area contributed by atoms with Crippen LogP contribution in [0.2, 0.25) is 0 Å². The summed E-state index contributed by atoms with van der Waals surface area (Å²) in [5.74, 6) is 0. The molecule has 0 radical (unpaired) electrons. The van der Waals surface area contributed by atoms with Gasteiger partial charge in [-0.2, -0.15) is 5.10 Å². The van der Waals surface area contributed by atoms with Crippen LogP contribution in [0.15, 0.2) is 30.7 Å². The normalized spacial score (nSPS) is 10.6. The number of aryl methyl sites for hydroxylation is 1. The second-order valence-electron chi connectivity index (χ2n) is 3.69. The second kappa shape index (κ2) is 4.90. The predicted octanol–water partition coefficient (Wildman–Crippen LogP) is 1.69. The zero-order chi connectivity index (χ0) is 11.4. The van der Waals surface area contributed by atoms with Crippen LogP contribution < -0.4 is 5.32 Å². The molecule has 1 N–H and O–H groups in total. The summed E-state index contributed by atoms with van der Waals surface area (Å²) < 4.78 is 1.87. The molecule has 0 saturated heterocycles. The predicted molar refractivity (Wildman–Crippen MR) is 63.5 cm³/mol. The number of aromatic nitrogens is 3. The topological polar surface area (TPSA) is 42.7 Å². The molecule has 2 rings (SSSR count). The highest BCUT2D eigenvalue weighted by Crippen LogP contribution is 2.12. The SMILES string of the molecule is CCNCc1ccncc1-n1ccc(C)n1. The lowest BCUT2D eigenvalue weighted by atomic mass is 10.2. The lowest BCUT2D eigenvalue weighted by molar-refractivity contribution is 0.714. The van der Waals surface area contributed by atoms with Gasteiger partial charge in [-0.05, 0) is 31.2 Å². The molecule has 0 amide bonds. The molecule has 0 aliphatic carbocycles.